The molecular formula is C18H19F3N2O3. The van der Waals surface area contributed by atoms with Gasteiger partial charge in [0.25, 0.3) is 5.91 Å². The molecule has 0 radical (unpaired) electrons. The van der Waals surface area contributed by atoms with E-state index in [4.69, 9.17) is 4.74 Å². The monoisotopic (exact) mass is 368 g/mol. The summed E-state index contributed by atoms with van der Waals surface area (Å²) in [5, 5.41) is 2.75. The first-order valence-electron chi connectivity index (χ1n) is 7.97. The highest BCUT2D eigenvalue weighted by Crippen LogP contribution is 2.16. The minimum atomic E-state index is -4.33. The molecule has 2 aromatic rings. The first-order chi connectivity index (χ1) is 12.4. The second-order valence-electron chi connectivity index (χ2n) is 5.43. The molecule has 1 N–H and O–H groups in total. The normalized spacial score (nSPS) is 11.2. The van der Waals surface area contributed by atoms with Crippen molar-refractivity contribution in [2.45, 2.75) is 26.3 Å². The van der Waals surface area contributed by atoms with Crippen molar-refractivity contribution in [2.75, 3.05) is 13.2 Å². The van der Waals surface area contributed by atoms with E-state index in [9.17, 15) is 18.0 Å². The van der Waals surface area contributed by atoms with Crippen LogP contribution in [0.2, 0.25) is 0 Å². The lowest BCUT2D eigenvalue weighted by Gasteiger charge is -2.09. The minimum absolute atomic E-state index is 0.121. The van der Waals surface area contributed by atoms with Crippen LogP contribution in [-0.4, -0.2) is 30.3 Å². The third-order valence-electron chi connectivity index (χ3n) is 3.30. The number of alkyl halides is 3. The summed E-state index contributed by atoms with van der Waals surface area (Å²) in [6.07, 6.45) is -2.90. The summed E-state index contributed by atoms with van der Waals surface area (Å²) in [5.74, 6) is 0.172. The highest BCUT2D eigenvalue weighted by molar-refractivity contribution is 5.93. The molecule has 1 amide bonds. The molecule has 140 valence electrons. The van der Waals surface area contributed by atoms with Crippen LogP contribution in [0.5, 0.6) is 5.88 Å². The highest BCUT2D eigenvalue weighted by Gasteiger charge is 2.27. The van der Waals surface area contributed by atoms with Gasteiger partial charge in [0.05, 0.1) is 18.8 Å². The Hall–Kier alpha value is -2.61. The molecule has 0 bridgehead atoms. The lowest BCUT2D eigenvalue weighted by molar-refractivity contribution is -0.176. The zero-order chi connectivity index (χ0) is 19.0. The average molecular weight is 368 g/mol. The molecule has 0 aliphatic heterocycles. The van der Waals surface area contributed by atoms with E-state index in [2.05, 4.69) is 15.0 Å². The summed E-state index contributed by atoms with van der Waals surface area (Å²) in [5.41, 5.74) is 1.85. The molecule has 0 saturated carbocycles. The van der Waals surface area contributed by atoms with E-state index < -0.39 is 12.8 Å². The van der Waals surface area contributed by atoms with Gasteiger partial charge in [-0.1, -0.05) is 24.3 Å². The van der Waals surface area contributed by atoms with E-state index in [0.29, 0.717) is 23.6 Å². The molecule has 1 aromatic heterocycles. The quantitative estimate of drug-likeness (QED) is 0.775. The maximum absolute atomic E-state index is 12.1. The van der Waals surface area contributed by atoms with Gasteiger partial charge in [0.15, 0.2) is 0 Å². The van der Waals surface area contributed by atoms with Gasteiger partial charge in [-0.2, -0.15) is 13.2 Å². The van der Waals surface area contributed by atoms with Crippen LogP contribution < -0.4 is 10.1 Å². The first kappa shape index (κ1) is 19.7. The number of nitrogens with one attached hydrogen (secondary N) is 1. The summed E-state index contributed by atoms with van der Waals surface area (Å²) in [6, 6.07) is 10.0. The Bertz CT molecular complexity index is 701. The number of benzene rings is 1. The fourth-order valence-electron chi connectivity index (χ4n) is 2.07. The van der Waals surface area contributed by atoms with Crippen molar-refractivity contribution in [3.8, 4) is 5.88 Å². The SMILES string of the molecule is CCOc1ccc(C(=O)NCc2ccc(COCC(F)(F)F)cc2)cn1. The number of nitrogens with zero attached hydrogens (tertiary/aromatic N) is 1. The molecule has 0 saturated heterocycles. The van der Waals surface area contributed by atoms with Gasteiger partial charge in [-0.25, -0.2) is 4.98 Å². The number of amides is 1. The Morgan fingerprint density at radius 3 is 2.38 bits per heavy atom. The zero-order valence-electron chi connectivity index (χ0n) is 14.2. The zero-order valence-corrected chi connectivity index (χ0v) is 14.2. The number of rotatable bonds is 8. The Kier molecular flexibility index (Phi) is 6.97. The van der Waals surface area contributed by atoms with E-state index in [1.807, 2.05) is 6.92 Å². The molecule has 0 unspecified atom stereocenters. The first-order valence-corrected chi connectivity index (χ1v) is 7.97. The van der Waals surface area contributed by atoms with Crippen molar-refractivity contribution in [3.05, 3.63) is 59.3 Å². The summed E-state index contributed by atoms with van der Waals surface area (Å²) in [7, 11) is 0. The fraction of sp³-hybridized carbons (Fsp3) is 0.333. The highest BCUT2D eigenvalue weighted by atomic mass is 19.4. The van der Waals surface area contributed by atoms with Crippen LogP contribution in [0.25, 0.3) is 0 Å². The van der Waals surface area contributed by atoms with Crippen LogP contribution in [0.15, 0.2) is 42.6 Å². The molecule has 1 heterocycles. The maximum atomic E-state index is 12.1. The van der Waals surface area contributed by atoms with E-state index in [1.165, 1.54) is 6.20 Å². The second-order valence-corrected chi connectivity index (χ2v) is 5.43. The molecule has 26 heavy (non-hydrogen) atoms. The smallest absolute Gasteiger partial charge is 0.411 e. The predicted molar refractivity (Wildman–Crippen MR) is 88.7 cm³/mol. The number of carbonyl (C=O) groups excluding carboxylic acids is 1. The van der Waals surface area contributed by atoms with Crippen LogP contribution >= 0.6 is 0 Å². The molecule has 8 heteroatoms. The van der Waals surface area contributed by atoms with Gasteiger partial charge in [-0.15, -0.1) is 0 Å². The van der Waals surface area contributed by atoms with Crippen molar-refractivity contribution < 1.29 is 27.4 Å². The van der Waals surface area contributed by atoms with Crippen LogP contribution in [0, 0.1) is 0 Å². The number of carbonyl (C=O) groups is 1. The number of pyridine rings is 1. The van der Waals surface area contributed by atoms with E-state index >= 15 is 0 Å². The molecule has 1 aromatic carbocycles. The molecular weight excluding hydrogens is 349 g/mol. The fourth-order valence-corrected chi connectivity index (χ4v) is 2.07. The van der Waals surface area contributed by atoms with Crippen molar-refractivity contribution >= 4 is 5.91 Å². The predicted octanol–water partition coefficient (Wildman–Crippen LogP) is 3.49. The van der Waals surface area contributed by atoms with Gasteiger partial charge in [0.2, 0.25) is 5.88 Å². The Morgan fingerprint density at radius 2 is 1.81 bits per heavy atom. The summed E-state index contributed by atoms with van der Waals surface area (Å²) < 4.78 is 45.9. The van der Waals surface area contributed by atoms with Crippen molar-refractivity contribution in [2.24, 2.45) is 0 Å². The van der Waals surface area contributed by atoms with Crippen LogP contribution in [0.4, 0.5) is 13.2 Å². The molecule has 5 nitrogen and oxygen atoms in total. The summed E-state index contributed by atoms with van der Waals surface area (Å²) in [6.45, 7) is 1.23. The Morgan fingerprint density at radius 1 is 1.12 bits per heavy atom. The number of aromatic nitrogens is 1. The van der Waals surface area contributed by atoms with Gasteiger partial charge < -0.3 is 14.8 Å². The lowest BCUT2D eigenvalue weighted by atomic mass is 10.1. The maximum Gasteiger partial charge on any atom is 0.411 e. The Labute approximate surface area is 149 Å². The molecule has 0 atom stereocenters. The van der Waals surface area contributed by atoms with E-state index in [1.54, 1.807) is 36.4 Å². The number of hydrogen-bond donors (Lipinski definition) is 1. The van der Waals surface area contributed by atoms with Crippen LogP contribution in [0.3, 0.4) is 0 Å². The largest absolute Gasteiger partial charge is 0.478 e. The Balaban J connectivity index is 1.80. The van der Waals surface area contributed by atoms with Crippen molar-refractivity contribution in [1.82, 2.24) is 10.3 Å². The number of hydrogen-bond acceptors (Lipinski definition) is 4. The van der Waals surface area contributed by atoms with Crippen LogP contribution in [0.1, 0.15) is 28.4 Å². The number of ether oxygens (including phenoxy) is 2. The summed E-state index contributed by atoms with van der Waals surface area (Å²) >= 11 is 0. The van der Waals surface area contributed by atoms with Crippen molar-refractivity contribution in [1.29, 1.82) is 0 Å². The van der Waals surface area contributed by atoms with E-state index in [0.717, 1.165) is 5.56 Å². The second kappa shape index (κ2) is 9.19. The molecule has 0 aliphatic rings. The van der Waals surface area contributed by atoms with Gasteiger partial charge in [0.1, 0.15) is 6.61 Å². The van der Waals surface area contributed by atoms with Gasteiger partial charge in [-0.05, 0) is 24.1 Å². The standard InChI is InChI=1S/C18H19F3N2O3/c1-2-26-16-8-7-15(10-22-16)17(24)23-9-13-3-5-14(6-4-13)11-25-12-18(19,20)21/h3-8,10H,2,9,11-12H2,1H3,(H,23,24). The third kappa shape index (κ3) is 6.72. The van der Waals surface area contributed by atoms with Gasteiger partial charge >= 0.3 is 6.18 Å². The molecule has 0 fully saturated rings. The average Bonchev–Trinajstić information content (AvgIpc) is 2.61. The van der Waals surface area contributed by atoms with Gasteiger partial charge in [0, 0.05) is 18.8 Å². The molecule has 0 aliphatic carbocycles. The lowest BCUT2D eigenvalue weighted by Crippen LogP contribution is -2.22. The van der Waals surface area contributed by atoms with Crippen LogP contribution in [-0.2, 0) is 17.9 Å². The number of halogens is 3. The van der Waals surface area contributed by atoms with E-state index in [-0.39, 0.29) is 19.1 Å². The molecule has 2 rings (SSSR count). The summed E-state index contributed by atoms with van der Waals surface area (Å²) in [4.78, 5) is 16.1. The van der Waals surface area contributed by atoms with Crippen molar-refractivity contribution in [3.63, 3.8) is 0 Å². The minimum Gasteiger partial charge on any atom is -0.478 e. The third-order valence-corrected chi connectivity index (χ3v) is 3.30. The topological polar surface area (TPSA) is 60.5 Å². The van der Waals surface area contributed by atoms with Gasteiger partial charge in [-0.3, -0.25) is 4.79 Å². The molecule has 0 spiro atoms.